The fraction of sp³-hybridized carbons (Fsp3) is 0. The number of nitrogens with two attached hydrogens (primary N) is 1. The minimum Gasteiger partial charge on any atom is -0.382 e. The molecule has 0 spiro atoms. The summed E-state index contributed by atoms with van der Waals surface area (Å²) in [7, 11) is 0. The Kier molecular flexibility index (Phi) is 3.12. The maximum Gasteiger partial charge on any atom is 0.149 e. The molecule has 2 aromatic rings. The van der Waals surface area contributed by atoms with Crippen LogP contribution < -0.4 is 11.1 Å². The Balaban J connectivity index is 2.20. The number of anilines is 3. The van der Waals surface area contributed by atoms with Crippen LogP contribution >= 0.6 is 23.2 Å². The van der Waals surface area contributed by atoms with E-state index in [1.807, 2.05) is 0 Å². The predicted molar refractivity (Wildman–Crippen MR) is 66.2 cm³/mol. The first-order valence-electron chi connectivity index (χ1n) is 4.45. The van der Waals surface area contributed by atoms with E-state index >= 15 is 0 Å². The monoisotopic (exact) mass is 254 g/mol. The third kappa shape index (κ3) is 2.53. The first kappa shape index (κ1) is 11.0. The molecule has 16 heavy (non-hydrogen) atoms. The van der Waals surface area contributed by atoms with E-state index < -0.39 is 0 Å². The van der Waals surface area contributed by atoms with Crippen molar-refractivity contribution < 1.29 is 0 Å². The summed E-state index contributed by atoms with van der Waals surface area (Å²) < 4.78 is 0. The van der Waals surface area contributed by atoms with E-state index in [-0.39, 0.29) is 0 Å². The lowest BCUT2D eigenvalue weighted by atomic mass is 10.3. The third-order valence-corrected chi connectivity index (χ3v) is 2.60. The van der Waals surface area contributed by atoms with Crippen LogP contribution in [0.1, 0.15) is 0 Å². The van der Waals surface area contributed by atoms with Crippen molar-refractivity contribution in [2.75, 3.05) is 11.1 Å². The summed E-state index contributed by atoms with van der Waals surface area (Å²) >= 11 is 11.7. The quantitative estimate of drug-likeness (QED) is 0.865. The van der Waals surface area contributed by atoms with Gasteiger partial charge in [0.1, 0.15) is 11.6 Å². The van der Waals surface area contributed by atoms with Crippen LogP contribution in [0.4, 0.5) is 17.3 Å². The molecule has 1 aromatic heterocycles. The van der Waals surface area contributed by atoms with Gasteiger partial charge in [0.2, 0.25) is 0 Å². The summed E-state index contributed by atoms with van der Waals surface area (Å²) in [4.78, 5) is 7.96. The van der Waals surface area contributed by atoms with E-state index in [0.29, 0.717) is 21.7 Å². The molecule has 0 fully saturated rings. The highest BCUT2D eigenvalue weighted by atomic mass is 35.5. The highest BCUT2D eigenvalue weighted by molar-refractivity contribution is 6.42. The summed E-state index contributed by atoms with van der Waals surface area (Å²) in [5.41, 5.74) is 6.21. The van der Waals surface area contributed by atoms with Crippen LogP contribution in [0.15, 0.2) is 30.6 Å². The van der Waals surface area contributed by atoms with Crippen molar-refractivity contribution in [3.05, 3.63) is 40.6 Å². The van der Waals surface area contributed by atoms with Gasteiger partial charge in [-0.3, -0.25) is 0 Å². The van der Waals surface area contributed by atoms with Crippen LogP contribution in [-0.4, -0.2) is 9.97 Å². The number of benzene rings is 1. The topological polar surface area (TPSA) is 63.8 Å². The van der Waals surface area contributed by atoms with Crippen molar-refractivity contribution in [2.24, 2.45) is 0 Å². The van der Waals surface area contributed by atoms with Gasteiger partial charge in [0.05, 0.1) is 22.4 Å². The summed E-state index contributed by atoms with van der Waals surface area (Å²) in [6, 6.07) is 5.21. The average Bonchev–Trinajstić information content (AvgIpc) is 2.27. The normalized spacial score (nSPS) is 10.1. The molecule has 1 aromatic carbocycles. The van der Waals surface area contributed by atoms with E-state index in [1.54, 1.807) is 18.2 Å². The molecule has 3 N–H and O–H groups in total. The zero-order valence-electron chi connectivity index (χ0n) is 8.11. The van der Waals surface area contributed by atoms with E-state index in [1.165, 1.54) is 12.4 Å². The van der Waals surface area contributed by atoms with Crippen LogP contribution in [0.3, 0.4) is 0 Å². The number of nitrogen functional groups attached to an aromatic ring is 1. The molecule has 0 amide bonds. The second kappa shape index (κ2) is 4.55. The van der Waals surface area contributed by atoms with Crippen LogP contribution in [-0.2, 0) is 0 Å². The molecule has 0 unspecified atom stereocenters. The SMILES string of the molecule is Nc1cnc(Nc2ccc(Cl)c(Cl)c2)cn1. The van der Waals surface area contributed by atoms with Gasteiger partial charge in [0, 0.05) is 5.69 Å². The number of aromatic nitrogens is 2. The summed E-state index contributed by atoms with van der Waals surface area (Å²) in [5.74, 6) is 0.965. The number of hydrogen-bond acceptors (Lipinski definition) is 4. The van der Waals surface area contributed by atoms with Crippen LogP contribution in [0, 0.1) is 0 Å². The second-order valence-electron chi connectivity index (χ2n) is 3.08. The van der Waals surface area contributed by atoms with E-state index in [2.05, 4.69) is 15.3 Å². The number of nitrogens with one attached hydrogen (secondary N) is 1. The summed E-state index contributed by atoms with van der Waals surface area (Å²) in [5, 5.41) is 4.02. The Morgan fingerprint density at radius 1 is 1.06 bits per heavy atom. The van der Waals surface area contributed by atoms with Crippen molar-refractivity contribution >= 4 is 40.5 Å². The maximum atomic E-state index is 5.88. The van der Waals surface area contributed by atoms with Crippen LogP contribution in [0.5, 0.6) is 0 Å². The minimum absolute atomic E-state index is 0.375. The lowest BCUT2D eigenvalue weighted by molar-refractivity contribution is 1.21. The number of nitrogens with zero attached hydrogens (tertiary/aromatic N) is 2. The van der Waals surface area contributed by atoms with E-state index in [9.17, 15) is 0 Å². The second-order valence-corrected chi connectivity index (χ2v) is 3.89. The Hall–Kier alpha value is -1.52. The van der Waals surface area contributed by atoms with Gasteiger partial charge in [-0.2, -0.15) is 0 Å². The highest BCUT2D eigenvalue weighted by Gasteiger charge is 2.00. The molecule has 0 saturated heterocycles. The van der Waals surface area contributed by atoms with Crippen molar-refractivity contribution in [2.45, 2.75) is 0 Å². The van der Waals surface area contributed by atoms with Crippen molar-refractivity contribution in [3.8, 4) is 0 Å². The molecular formula is C10H8Cl2N4. The van der Waals surface area contributed by atoms with E-state index in [0.717, 1.165) is 5.69 Å². The highest BCUT2D eigenvalue weighted by Crippen LogP contribution is 2.26. The van der Waals surface area contributed by atoms with Crippen molar-refractivity contribution in [1.82, 2.24) is 9.97 Å². The molecule has 6 heteroatoms. The fourth-order valence-electron chi connectivity index (χ4n) is 1.12. The van der Waals surface area contributed by atoms with Gasteiger partial charge >= 0.3 is 0 Å². The first-order chi connectivity index (χ1) is 7.65. The molecule has 0 saturated carbocycles. The average molecular weight is 255 g/mol. The van der Waals surface area contributed by atoms with Gasteiger partial charge in [0.15, 0.2) is 0 Å². The van der Waals surface area contributed by atoms with Crippen molar-refractivity contribution in [1.29, 1.82) is 0 Å². The molecule has 2 rings (SSSR count). The number of hydrogen-bond donors (Lipinski definition) is 2. The van der Waals surface area contributed by atoms with Gasteiger partial charge in [-0.05, 0) is 18.2 Å². The molecule has 0 aliphatic carbocycles. The zero-order chi connectivity index (χ0) is 11.5. The first-order valence-corrected chi connectivity index (χ1v) is 5.20. The van der Waals surface area contributed by atoms with Gasteiger partial charge in [-0.25, -0.2) is 9.97 Å². The maximum absolute atomic E-state index is 5.88. The van der Waals surface area contributed by atoms with Gasteiger partial charge in [-0.1, -0.05) is 23.2 Å². The molecule has 0 radical (unpaired) electrons. The molecule has 4 nitrogen and oxygen atoms in total. The smallest absolute Gasteiger partial charge is 0.149 e. The Morgan fingerprint density at radius 2 is 1.88 bits per heavy atom. The Labute approximate surface area is 102 Å². The fourth-order valence-corrected chi connectivity index (χ4v) is 1.42. The lowest BCUT2D eigenvalue weighted by Crippen LogP contribution is -1.96. The largest absolute Gasteiger partial charge is 0.382 e. The van der Waals surface area contributed by atoms with E-state index in [4.69, 9.17) is 28.9 Å². The summed E-state index contributed by atoms with van der Waals surface area (Å²) in [6.45, 7) is 0. The zero-order valence-corrected chi connectivity index (χ0v) is 9.63. The molecule has 1 heterocycles. The molecule has 0 aliphatic heterocycles. The number of halogens is 2. The van der Waals surface area contributed by atoms with Crippen LogP contribution in [0.25, 0.3) is 0 Å². The van der Waals surface area contributed by atoms with Gasteiger partial charge in [0.25, 0.3) is 0 Å². The third-order valence-electron chi connectivity index (χ3n) is 1.86. The molecule has 0 bridgehead atoms. The van der Waals surface area contributed by atoms with Crippen molar-refractivity contribution in [3.63, 3.8) is 0 Å². The minimum atomic E-state index is 0.375. The summed E-state index contributed by atoms with van der Waals surface area (Å²) in [6.07, 6.45) is 3.01. The molecular weight excluding hydrogens is 247 g/mol. The Bertz CT molecular complexity index is 499. The standard InChI is InChI=1S/C10H8Cl2N4/c11-7-2-1-6(3-8(7)12)16-10-5-14-9(13)4-15-10/h1-5H,(H2,13,14)(H,15,16). The number of rotatable bonds is 2. The van der Waals surface area contributed by atoms with Gasteiger partial charge < -0.3 is 11.1 Å². The molecule has 82 valence electrons. The van der Waals surface area contributed by atoms with Crippen LogP contribution in [0.2, 0.25) is 10.0 Å². The van der Waals surface area contributed by atoms with Gasteiger partial charge in [-0.15, -0.1) is 0 Å². The lowest BCUT2D eigenvalue weighted by Gasteiger charge is -2.06. The Morgan fingerprint density at radius 3 is 2.50 bits per heavy atom. The molecule has 0 atom stereocenters. The predicted octanol–water partition coefficient (Wildman–Crippen LogP) is 3.11. The molecule has 0 aliphatic rings.